The van der Waals surface area contributed by atoms with Gasteiger partial charge in [0.1, 0.15) is 0 Å². The average Bonchev–Trinajstić information content (AvgIpc) is 3.21. The van der Waals surface area contributed by atoms with Crippen LogP contribution < -0.4 is 5.32 Å². The van der Waals surface area contributed by atoms with Crippen LogP contribution in [0.25, 0.3) is 22.2 Å². The van der Waals surface area contributed by atoms with E-state index in [1.807, 2.05) is 24.3 Å². The maximum Gasteiger partial charge on any atom is 0.258 e. The summed E-state index contributed by atoms with van der Waals surface area (Å²) in [5, 5.41) is 9.76. The van der Waals surface area contributed by atoms with Crippen LogP contribution in [0.4, 0.5) is 0 Å². The predicted octanol–water partition coefficient (Wildman–Crippen LogP) is 3.14. The number of rotatable bonds is 4. The first-order chi connectivity index (χ1) is 9.90. The van der Waals surface area contributed by atoms with Crippen molar-refractivity contribution in [3.05, 3.63) is 48.3 Å². The van der Waals surface area contributed by atoms with E-state index >= 15 is 0 Å². The number of fused-ring (bicyclic) bond motifs is 1. The van der Waals surface area contributed by atoms with Gasteiger partial charge in [0.2, 0.25) is 0 Å². The minimum atomic E-state index is 0.592. The van der Waals surface area contributed by atoms with Gasteiger partial charge in [-0.15, -0.1) is 0 Å². The Morgan fingerprint density at radius 1 is 1.10 bits per heavy atom. The second kappa shape index (κ2) is 4.72. The summed E-state index contributed by atoms with van der Waals surface area (Å²) in [6.45, 7) is 0.679. The number of nitrogens with zero attached hydrogens (tertiary/aromatic N) is 2. The highest BCUT2D eigenvalue weighted by Crippen LogP contribution is 2.27. The van der Waals surface area contributed by atoms with Gasteiger partial charge >= 0.3 is 0 Å². The predicted molar refractivity (Wildman–Crippen MR) is 77.1 cm³/mol. The van der Waals surface area contributed by atoms with Crippen molar-refractivity contribution in [3.8, 4) is 11.5 Å². The second-order valence-corrected chi connectivity index (χ2v) is 5.20. The van der Waals surface area contributed by atoms with Crippen LogP contribution in [-0.4, -0.2) is 16.2 Å². The number of hydrogen-bond donors (Lipinski definition) is 1. The fourth-order valence-corrected chi connectivity index (χ4v) is 2.37. The summed E-state index contributed by atoms with van der Waals surface area (Å²) in [5.41, 5.74) is 0.994. The van der Waals surface area contributed by atoms with Crippen LogP contribution in [0.1, 0.15) is 18.7 Å². The zero-order chi connectivity index (χ0) is 13.4. The first-order valence-corrected chi connectivity index (χ1v) is 6.94. The van der Waals surface area contributed by atoms with Gasteiger partial charge < -0.3 is 9.84 Å². The van der Waals surface area contributed by atoms with E-state index < -0.39 is 0 Å². The average molecular weight is 265 g/mol. The number of benzene rings is 2. The van der Waals surface area contributed by atoms with Crippen molar-refractivity contribution >= 4 is 10.8 Å². The van der Waals surface area contributed by atoms with Gasteiger partial charge in [0.25, 0.3) is 5.89 Å². The van der Waals surface area contributed by atoms with Crippen molar-refractivity contribution < 1.29 is 4.52 Å². The Bertz CT molecular complexity index is 741. The topological polar surface area (TPSA) is 51.0 Å². The van der Waals surface area contributed by atoms with E-state index in [2.05, 4.69) is 33.7 Å². The van der Waals surface area contributed by atoms with Crippen molar-refractivity contribution in [2.75, 3.05) is 0 Å². The Morgan fingerprint density at radius 2 is 1.95 bits per heavy atom. The Hall–Kier alpha value is -2.20. The van der Waals surface area contributed by atoms with Gasteiger partial charge in [-0.1, -0.05) is 41.6 Å². The lowest BCUT2D eigenvalue weighted by atomic mass is 10.0. The molecule has 20 heavy (non-hydrogen) atoms. The smallest absolute Gasteiger partial charge is 0.258 e. The summed E-state index contributed by atoms with van der Waals surface area (Å²) < 4.78 is 5.41. The zero-order valence-corrected chi connectivity index (χ0v) is 11.0. The van der Waals surface area contributed by atoms with E-state index in [4.69, 9.17) is 4.52 Å². The third-order valence-corrected chi connectivity index (χ3v) is 3.61. The van der Waals surface area contributed by atoms with E-state index in [0.717, 1.165) is 16.8 Å². The van der Waals surface area contributed by atoms with Crippen LogP contribution >= 0.6 is 0 Å². The first kappa shape index (κ1) is 11.6. The highest BCUT2D eigenvalue weighted by molar-refractivity contribution is 5.94. The van der Waals surface area contributed by atoms with E-state index in [0.29, 0.717) is 18.5 Å². The largest absolute Gasteiger partial charge is 0.334 e. The molecular weight excluding hydrogens is 250 g/mol. The van der Waals surface area contributed by atoms with Crippen LogP contribution in [0.5, 0.6) is 0 Å². The SMILES string of the molecule is c1ccc2c(-c3nc(CNC4CC4)no3)cccc2c1. The molecule has 4 rings (SSSR count). The molecule has 0 radical (unpaired) electrons. The number of aromatic nitrogens is 2. The van der Waals surface area contributed by atoms with E-state index in [1.165, 1.54) is 18.2 Å². The van der Waals surface area contributed by atoms with Crippen molar-refractivity contribution in [1.29, 1.82) is 0 Å². The lowest BCUT2D eigenvalue weighted by Crippen LogP contribution is -2.16. The summed E-state index contributed by atoms with van der Waals surface area (Å²) in [5.74, 6) is 1.31. The zero-order valence-electron chi connectivity index (χ0n) is 11.0. The van der Waals surface area contributed by atoms with Gasteiger partial charge in [-0.05, 0) is 29.7 Å². The van der Waals surface area contributed by atoms with Crippen molar-refractivity contribution in [1.82, 2.24) is 15.5 Å². The molecule has 1 N–H and O–H groups in total. The molecule has 1 heterocycles. The number of hydrogen-bond acceptors (Lipinski definition) is 4. The van der Waals surface area contributed by atoms with Gasteiger partial charge in [0.05, 0.1) is 6.54 Å². The molecule has 0 saturated heterocycles. The quantitative estimate of drug-likeness (QED) is 0.787. The molecule has 0 bridgehead atoms. The number of nitrogens with one attached hydrogen (secondary N) is 1. The summed E-state index contributed by atoms with van der Waals surface area (Å²) >= 11 is 0. The third kappa shape index (κ3) is 2.18. The molecule has 0 aliphatic heterocycles. The first-order valence-electron chi connectivity index (χ1n) is 6.94. The van der Waals surface area contributed by atoms with Gasteiger partial charge in [0.15, 0.2) is 5.82 Å². The Kier molecular flexibility index (Phi) is 2.74. The molecule has 0 spiro atoms. The van der Waals surface area contributed by atoms with E-state index in [-0.39, 0.29) is 0 Å². The summed E-state index contributed by atoms with van der Waals surface area (Å²) in [6, 6.07) is 15.0. The van der Waals surface area contributed by atoms with E-state index in [9.17, 15) is 0 Å². The van der Waals surface area contributed by atoms with Crippen LogP contribution in [-0.2, 0) is 6.54 Å². The molecular formula is C16H15N3O. The van der Waals surface area contributed by atoms with Gasteiger partial charge in [0, 0.05) is 11.6 Å². The molecule has 0 unspecified atom stereocenters. The van der Waals surface area contributed by atoms with E-state index in [1.54, 1.807) is 0 Å². The fourth-order valence-electron chi connectivity index (χ4n) is 2.37. The Labute approximate surface area is 116 Å². The molecule has 4 nitrogen and oxygen atoms in total. The monoisotopic (exact) mass is 265 g/mol. The summed E-state index contributed by atoms with van der Waals surface area (Å²) in [6.07, 6.45) is 2.52. The van der Waals surface area contributed by atoms with Gasteiger partial charge in [-0.2, -0.15) is 4.98 Å². The minimum absolute atomic E-state index is 0.592. The van der Waals surface area contributed by atoms with Crippen LogP contribution in [0.2, 0.25) is 0 Å². The molecule has 1 fully saturated rings. The normalized spacial score (nSPS) is 14.8. The third-order valence-electron chi connectivity index (χ3n) is 3.61. The minimum Gasteiger partial charge on any atom is -0.334 e. The van der Waals surface area contributed by atoms with Crippen molar-refractivity contribution in [2.45, 2.75) is 25.4 Å². The molecule has 0 amide bonds. The highest BCUT2D eigenvalue weighted by Gasteiger charge is 2.21. The molecule has 100 valence electrons. The maximum absolute atomic E-state index is 5.41. The Balaban J connectivity index is 1.67. The molecule has 4 heteroatoms. The van der Waals surface area contributed by atoms with Crippen LogP contribution in [0.15, 0.2) is 47.0 Å². The fraction of sp³-hybridized carbons (Fsp3) is 0.250. The molecule has 1 saturated carbocycles. The van der Waals surface area contributed by atoms with Gasteiger partial charge in [-0.3, -0.25) is 0 Å². The van der Waals surface area contributed by atoms with Crippen LogP contribution in [0.3, 0.4) is 0 Å². The molecule has 3 aromatic rings. The van der Waals surface area contributed by atoms with Crippen LogP contribution in [0, 0.1) is 0 Å². The molecule has 1 aliphatic carbocycles. The lowest BCUT2D eigenvalue weighted by molar-refractivity contribution is 0.419. The van der Waals surface area contributed by atoms with Gasteiger partial charge in [-0.25, -0.2) is 0 Å². The maximum atomic E-state index is 5.41. The standard InChI is InChI=1S/C16H15N3O/c1-2-6-13-11(4-1)5-3-7-14(13)16-18-15(19-20-16)10-17-12-8-9-12/h1-7,12,17H,8-10H2. The van der Waals surface area contributed by atoms with Crippen molar-refractivity contribution in [3.63, 3.8) is 0 Å². The second-order valence-electron chi connectivity index (χ2n) is 5.20. The Morgan fingerprint density at radius 3 is 2.85 bits per heavy atom. The highest BCUT2D eigenvalue weighted by atomic mass is 16.5. The van der Waals surface area contributed by atoms with Crippen molar-refractivity contribution in [2.24, 2.45) is 0 Å². The molecule has 0 atom stereocenters. The lowest BCUT2D eigenvalue weighted by Gasteiger charge is -2.01. The molecule has 2 aromatic carbocycles. The molecule has 1 aromatic heterocycles. The summed E-state index contributed by atoms with van der Waals surface area (Å²) in [4.78, 5) is 4.49. The summed E-state index contributed by atoms with van der Waals surface area (Å²) in [7, 11) is 0. The molecule has 1 aliphatic rings.